The second kappa shape index (κ2) is 9.33. The van der Waals surface area contributed by atoms with E-state index >= 15 is 0 Å². The largest absolute Gasteiger partial charge is 0.485 e. The van der Waals surface area contributed by atoms with Gasteiger partial charge in [0.2, 0.25) is 0 Å². The number of aliphatic carboxylic acids is 1. The lowest BCUT2D eigenvalue weighted by molar-refractivity contribution is -0.136. The van der Waals surface area contributed by atoms with Crippen molar-refractivity contribution in [3.05, 3.63) is 89.0 Å². The van der Waals surface area contributed by atoms with Crippen LogP contribution >= 0.6 is 0 Å². The van der Waals surface area contributed by atoms with Crippen molar-refractivity contribution in [2.45, 2.75) is 37.8 Å². The number of aliphatic hydroxyl groups is 1. The molecule has 4 rings (SSSR count). The quantitative estimate of drug-likeness (QED) is 0.529. The van der Waals surface area contributed by atoms with E-state index in [1.807, 2.05) is 42.5 Å². The lowest BCUT2D eigenvalue weighted by Gasteiger charge is -2.28. The van der Waals surface area contributed by atoms with E-state index in [9.17, 15) is 15.0 Å². The first kappa shape index (κ1) is 21.1. The summed E-state index contributed by atoms with van der Waals surface area (Å²) in [6, 6.07) is 21.3. The summed E-state index contributed by atoms with van der Waals surface area (Å²) in [5.74, 6) is -0.243. The molecular weight excluding hydrogens is 390 g/mol. The van der Waals surface area contributed by atoms with Gasteiger partial charge in [-0.2, -0.15) is 0 Å². The van der Waals surface area contributed by atoms with E-state index in [0.717, 1.165) is 41.5 Å². The molecule has 0 amide bonds. The third kappa shape index (κ3) is 4.79. The van der Waals surface area contributed by atoms with E-state index in [1.54, 1.807) is 6.07 Å². The van der Waals surface area contributed by atoms with E-state index in [4.69, 9.17) is 10.5 Å². The van der Waals surface area contributed by atoms with Crippen LogP contribution in [0.2, 0.25) is 0 Å². The van der Waals surface area contributed by atoms with Gasteiger partial charge in [-0.15, -0.1) is 0 Å². The zero-order chi connectivity index (χ0) is 21.8. The van der Waals surface area contributed by atoms with Crippen molar-refractivity contribution in [3.8, 4) is 16.9 Å². The summed E-state index contributed by atoms with van der Waals surface area (Å²) in [4.78, 5) is 11.2. The van der Waals surface area contributed by atoms with E-state index in [2.05, 4.69) is 18.2 Å². The molecule has 5 heteroatoms. The van der Waals surface area contributed by atoms with Crippen molar-refractivity contribution in [1.82, 2.24) is 0 Å². The maximum absolute atomic E-state index is 11.2. The van der Waals surface area contributed by atoms with Crippen LogP contribution in [0.15, 0.2) is 66.7 Å². The molecule has 31 heavy (non-hydrogen) atoms. The fourth-order valence-corrected chi connectivity index (χ4v) is 4.19. The van der Waals surface area contributed by atoms with E-state index < -0.39 is 12.0 Å². The van der Waals surface area contributed by atoms with Crippen molar-refractivity contribution >= 4 is 5.97 Å². The highest BCUT2D eigenvalue weighted by molar-refractivity contribution is 5.71. The maximum atomic E-state index is 11.2. The zero-order valence-corrected chi connectivity index (χ0v) is 17.3. The molecule has 0 aliphatic heterocycles. The minimum Gasteiger partial charge on any atom is -0.485 e. The van der Waals surface area contributed by atoms with Gasteiger partial charge in [0.05, 0.1) is 19.1 Å². The Hall–Kier alpha value is -3.15. The minimum absolute atomic E-state index is 0.0618. The van der Waals surface area contributed by atoms with Gasteiger partial charge in [0.25, 0.3) is 0 Å². The summed E-state index contributed by atoms with van der Waals surface area (Å²) in [5.41, 5.74) is 12.1. The molecule has 0 spiro atoms. The third-order valence-corrected chi connectivity index (χ3v) is 5.83. The normalized spacial score (nSPS) is 16.4. The Morgan fingerprint density at radius 1 is 1.06 bits per heavy atom. The molecule has 0 saturated heterocycles. The molecule has 160 valence electrons. The number of hydrogen-bond donors (Lipinski definition) is 3. The molecular formula is C26H27NO4. The Morgan fingerprint density at radius 3 is 2.68 bits per heavy atom. The monoisotopic (exact) mass is 417 g/mol. The van der Waals surface area contributed by atoms with Crippen molar-refractivity contribution < 1.29 is 19.7 Å². The van der Waals surface area contributed by atoms with E-state index in [0.29, 0.717) is 11.3 Å². The predicted molar refractivity (Wildman–Crippen MR) is 120 cm³/mol. The SMILES string of the molecule is N[C@H](CO)c1cccc(-c2ccc3c(c2)C(Oc2ccccc2CC(=O)O)CCC3)c1. The predicted octanol–water partition coefficient (Wildman–Crippen LogP) is 4.43. The Balaban J connectivity index is 1.66. The highest BCUT2D eigenvalue weighted by Crippen LogP contribution is 2.37. The number of carboxylic acid groups (broad SMARTS) is 1. The second-order valence-corrected chi connectivity index (χ2v) is 8.01. The number of rotatable bonds is 7. The number of fused-ring (bicyclic) bond motifs is 1. The third-order valence-electron chi connectivity index (χ3n) is 5.83. The van der Waals surface area contributed by atoms with Gasteiger partial charge in [0.1, 0.15) is 11.9 Å². The van der Waals surface area contributed by atoms with Crippen LogP contribution in [0.1, 0.15) is 47.2 Å². The van der Waals surface area contributed by atoms with Crippen molar-refractivity contribution in [1.29, 1.82) is 0 Å². The first-order valence-corrected chi connectivity index (χ1v) is 10.6. The molecule has 3 aromatic carbocycles. The minimum atomic E-state index is -0.872. The highest BCUT2D eigenvalue weighted by Gasteiger charge is 2.23. The van der Waals surface area contributed by atoms with Gasteiger partial charge in [-0.25, -0.2) is 0 Å². The van der Waals surface area contributed by atoms with Gasteiger partial charge >= 0.3 is 5.97 Å². The fraction of sp³-hybridized carbons (Fsp3) is 0.269. The molecule has 1 aliphatic rings. The standard InChI is InChI=1S/C26H27NO4/c27-23(16-28)20-8-3-7-18(13-20)19-12-11-17-6-4-10-25(22(17)14-19)31-24-9-2-1-5-21(24)15-26(29)30/h1-3,5,7-9,11-14,23,25,28H,4,6,10,15-16,27H2,(H,29,30)/t23-,25?/m1/s1. The molecule has 0 fully saturated rings. The summed E-state index contributed by atoms with van der Waals surface area (Å²) >= 11 is 0. The summed E-state index contributed by atoms with van der Waals surface area (Å²) < 4.78 is 6.37. The number of hydrogen-bond acceptors (Lipinski definition) is 4. The summed E-state index contributed by atoms with van der Waals surface area (Å²) in [6.45, 7) is -0.0979. The Morgan fingerprint density at radius 2 is 1.87 bits per heavy atom. The molecule has 0 radical (unpaired) electrons. The number of nitrogens with two attached hydrogens (primary N) is 1. The van der Waals surface area contributed by atoms with Crippen LogP contribution in [0.25, 0.3) is 11.1 Å². The molecule has 0 aromatic heterocycles. The summed E-state index contributed by atoms with van der Waals surface area (Å²) in [7, 11) is 0. The molecule has 0 saturated carbocycles. The lowest BCUT2D eigenvalue weighted by atomic mass is 9.86. The topological polar surface area (TPSA) is 92.8 Å². The summed E-state index contributed by atoms with van der Waals surface area (Å²) in [5, 5.41) is 18.6. The average molecular weight is 418 g/mol. The Kier molecular flexibility index (Phi) is 6.35. The number of ether oxygens (including phenoxy) is 1. The number of carboxylic acids is 1. The first-order chi connectivity index (χ1) is 15.0. The number of benzene rings is 3. The van der Waals surface area contributed by atoms with Gasteiger partial charge in [0.15, 0.2) is 0 Å². The number of aliphatic hydroxyl groups excluding tert-OH is 1. The Bertz CT molecular complexity index is 1080. The van der Waals surface area contributed by atoms with Crippen LogP contribution in [-0.2, 0) is 17.6 Å². The smallest absolute Gasteiger partial charge is 0.307 e. The number of para-hydroxylation sites is 1. The van der Waals surface area contributed by atoms with Crippen LogP contribution < -0.4 is 10.5 Å². The highest BCUT2D eigenvalue weighted by atomic mass is 16.5. The maximum Gasteiger partial charge on any atom is 0.307 e. The number of carbonyl (C=O) groups is 1. The van der Waals surface area contributed by atoms with Gasteiger partial charge in [-0.05, 0) is 65.3 Å². The molecule has 0 heterocycles. The van der Waals surface area contributed by atoms with E-state index in [-0.39, 0.29) is 19.1 Å². The Labute approximate surface area is 182 Å². The van der Waals surface area contributed by atoms with Crippen LogP contribution in [0, 0.1) is 0 Å². The van der Waals surface area contributed by atoms with Crippen LogP contribution in [0.4, 0.5) is 0 Å². The molecule has 1 unspecified atom stereocenters. The van der Waals surface area contributed by atoms with Crippen LogP contribution in [-0.4, -0.2) is 22.8 Å². The molecule has 5 nitrogen and oxygen atoms in total. The molecule has 3 aromatic rings. The second-order valence-electron chi connectivity index (χ2n) is 8.01. The van der Waals surface area contributed by atoms with Crippen molar-refractivity contribution in [2.75, 3.05) is 6.61 Å². The zero-order valence-electron chi connectivity index (χ0n) is 17.3. The van der Waals surface area contributed by atoms with Gasteiger partial charge < -0.3 is 20.7 Å². The van der Waals surface area contributed by atoms with Gasteiger partial charge in [0, 0.05) is 5.56 Å². The molecule has 2 atom stereocenters. The molecule has 0 bridgehead atoms. The van der Waals surface area contributed by atoms with Crippen LogP contribution in [0.5, 0.6) is 5.75 Å². The fourth-order valence-electron chi connectivity index (χ4n) is 4.19. The van der Waals surface area contributed by atoms with Gasteiger partial charge in [-0.1, -0.05) is 48.5 Å². The van der Waals surface area contributed by atoms with Gasteiger partial charge in [-0.3, -0.25) is 4.79 Å². The lowest BCUT2D eigenvalue weighted by Crippen LogP contribution is -2.16. The first-order valence-electron chi connectivity index (χ1n) is 10.6. The molecule has 1 aliphatic carbocycles. The van der Waals surface area contributed by atoms with Crippen molar-refractivity contribution in [3.63, 3.8) is 0 Å². The van der Waals surface area contributed by atoms with Crippen LogP contribution in [0.3, 0.4) is 0 Å². The van der Waals surface area contributed by atoms with Crippen molar-refractivity contribution in [2.24, 2.45) is 5.73 Å². The van der Waals surface area contributed by atoms with E-state index in [1.165, 1.54) is 5.56 Å². The molecule has 4 N–H and O–H groups in total. The average Bonchev–Trinajstić information content (AvgIpc) is 2.79. The number of aryl methyl sites for hydroxylation is 1. The summed E-state index contributed by atoms with van der Waals surface area (Å²) in [6.07, 6.45) is 2.73.